The van der Waals surface area contributed by atoms with Crippen LogP contribution in [0, 0.1) is 0 Å². The minimum Gasteiger partial charge on any atom is -0.349 e. The van der Waals surface area contributed by atoms with Crippen LogP contribution in [0.2, 0.25) is 10.0 Å². The fourth-order valence-electron chi connectivity index (χ4n) is 3.11. The van der Waals surface area contributed by atoms with E-state index in [0.717, 1.165) is 12.8 Å². The van der Waals surface area contributed by atoms with E-state index in [-0.39, 0.29) is 24.4 Å². The lowest BCUT2D eigenvalue weighted by atomic mass is 9.99. The lowest BCUT2D eigenvalue weighted by molar-refractivity contribution is 0.0924. The van der Waals surface area contributed by atoms with Gasteiger partial charge in [0.1, 0.15) is 0 Å². The molecular weight excluding hydrogens is 319 g/mol. The van der Waals surface area contributed by atoms with E-state index in [1.165, 1.54) is 12.8 Å². The molecule has 2 fully saturated rings. The molecule has 0 radical (unpaired) electrons. The van der Waals surface area contributed by atoms with Crippen LogP contribution in [0.25, 0.3) is 0 Å². The molecule has 0 aromatic heterocycles. The second kappa shape index (κ2) is 6.52. The van der Waals surface area contributed by atoms with Crippen LogP contribution in [-0.4, -0.2) is 24.0 Å². The fourth-order valence-corrected chi connectivity index (χ4v) is 3.49. The summed E-state index contributed by atoms with van der Waals surface area (Å²) in [6.07, 6.45) is 4.44. The summed E-state index contributed by atoms with van der Waals surface area (Å²) < 4.78 is 0. The maximum atomic E-state index is 12.2. The summed E-state index contributed by atoms with van der Waals surface area (Å²) in [5.41, 5.74) is 0.458. The minimum atomic E-state index is -0.126. The summed E-state index contributed by atoms with van der Waals surface area (Å²) in [5, 5.41) is 7.61. The number of nitrogens with one attached hydrogen (secondary N) is 2. The molecule has 2 N–H and O–H groups in total. The highest BCUT2D eigenvalue weighted by Gasteiger charge is 2.34. The highest BCUT2D eigenvalue weighted by molar-refractivity contribution is 6.35. The number of benzene rings is 1. The highest BCUT2D eigenvalue weighted by atomic mass is 35.5. The van der Waals surface area contributed by atoms with Crippen LogP contribution in [0.3, 0.4) is 0 Å². The largest absolute Gasteiger partial charge is 0.349 e. The van der Waals surface area contributed by atoms with Crippen molar-refractivity contribution in [2.75, 3.05) is 0 Å². The highest BCUT2D eigenvalue weighted by Crippen LogP contribution is 2.27. The van der Waals surface area contributed by atoms with Crippen molar-refractivity contribution in [3.05, 3.63) is 33.8 Å². The number of amides is 1. The molecule has 2 saturated heterocycles. The third-order valence-corrected chi connectivity index (χ3v) is 4.55. The Bertz CT molecular complexity index is 497. The average Bonchev–Trinajstić information content (AvgIpc) is 2.71. The second-order valence-corrected chi connectivity index (χ2v) is 6.25. The maximum Gasteiger partial charge on any atom is 0.253 e. The van der Waals surface area contributed by atoms with Gasteiger partial charge in [0.2, 0.25) is 0 Å². The Balaban J connectivity index is 0.00000147. The number of fused-ring (bicyclic) bond motifs is 2. The molecule has 6 heteroatoms. The number of hydrogen-bond donors (Lipinski definition) is 2. The fraction of sp³-hybridized carbons (Fsp3) is 0.500. The Kier molecular flexibility index (Phi) is 5.19. The Morgan fingerprint density at radius 3 is 2.50 bits per heavy atom. The average molecular weight is 336 g/mol. The van der Waals surface area contributed by atoms with E-state index >= 15 is 0 Å². The summed E-state index contributed by atoms with van der Waals surface area (Å²) in [6.45, 7) is 0. The molecule has 3 nitrogen and oxygen atoms in total. The van der Waals surface area contributed by atoms with E-state index < -0.39 is 0 Å². The topological polar surface area (TPSA) is 41.1 Å². The minimum absolute atomic E-state index is 0. The number of carbonyl (C=O) groups excluding carboxylic acids is 1. The molecule has 0 aliphatic carbocycles. The summed E-state index contributed by atoms with van der Waals surface area (Å²) in [4.78, 5) is 12.2. The molecular formula is C14H17Cl3N2O. The molecule has 1 aromatic rings. The lowest BCUT2D eigenvalue weighted by Gasteiger charge is -2.29. The number of halogens is 3. The van der Waals surface area contributed by atoms with Crippen molar-refractivity contribution in [1.29, 1.82) is 0 Å². The number of piperidine rings is 1. The summed E-state index contributed by atoms with van der Waals surface area (Å²) in [5.74, 6) is -0.126. The standard InChI is InChI=1S/C14H16Cl2N2O.ClH/c15-8-1-4-13(16)12(5-8)14(19)18-11-6-9-2-3-10(7-11)17-9;/h1,4-5,9-11,17H,2-3,6-7H2,(H,18,19);1H. The predicted molar refractivity (Wildman–Crippen MR) is 84.1 cm³/mol. The molecule has 20 heavy (non-hydrogen) atoms. The monoisotopic (exact) mass is 334 g/mol. The van der Waals surface area contributed by atoms with Gasteiger partial charge in [0.15, 0.2) is 0 Å². The molecule has 3 rings (SSSR count). The van der Waals surface area contributed by atoms with Crippen LogP contribution in [0.5, 0.6) is 0 Å². The molecule has 2 atom stereocenters. The van der Waals surface area contributed by atoms with E-state index in [4.69, 9.17) is 23.2 Å². The Morgan fingerprint density at radius 1 is 1.20 bits per heavy atom. The van der Waals surface area contributed by atoms with Crippen molar-refractivity contribution in [3.63, 3.8) is 0 Å². The molecule has 2 unspecified atom stereocenters. The van der Waals surface area contributed by atoms with Gasteiger partial charge < -0.3 is 10.6 Å². The van der Waals surface area contributed by atoms with Gasteiger partial charge in [-0.3, -0.25) is 4.79 Å². The first-order valence-electron chi connectivity index (χ1n) is 6.64. The van der Waals surface area contributed by atoms with E-state index in [9.17, 15) is 4.79 Å². The zero-order valence-electron chi connectivity index (χ0n) is 10.9. The molecule has 0 saturated carbocycles. The first kappa shape index (κ1) is 15.9. The van der Waals surface area contributed by atoms with Gasteiger partial charge in [-0.2, -0.15) is 0 Å². The van der Waals surface area contributed by atoms with Crippen molar-refractivity contribution in [2.24, 2.45) is 0 Å². The molecule has 1 amide bonds. The zero-order valence-corrected chi connectivity index (χ0v) is 13.2. The van der Waals surface area contributed by atoms with Crippen LogP contribution in [0.15, 0.2) is 18.2 Å². The van der Waals surface area contributed by atoms with Gasteiger partial charge in [-0.1, -0.05) is 23.2 Å². The van der Waals surface area contributed by atoms with Crippen molar-refractivity contribution < 1.29 is 4.79 Å². The Labute approximate surface area is 134 Å². The van der Waals surface area contributed by atoms with Gasteiger partial charge in [0, 0.05) is 23.1 Å². The van der Waals surface area contributed by atoms with Crippen LogP contribution < -0.4 is 10.6 Å². The van der Waals surface area contributed by atoms with Crippen LogP contribution >= 0.6 is 35.6 Å². The molecule has 2 bridgehead atoms. The molecule has 2 heterocycles. The first-order valence-corrected chi connectivity index (χ1v) is 7.39. The maximum absolute atomic E-state index is 12.2. The normalized spacial score (nSPS) is 27.8. The Hall–Kier alpha value is -0.480. The van der Waals surface area contributed by atoms with E-state index in [1.54, 1.807) is 18.2 Å². The van der Waals surface area contributed by atoms with Crippen molar-refractivity contribution >= 4 is 41.5 Å². The van der Waals surface area contributed by atoms with Gasteiger partial charge >= 0.3 is 0 Å². The van der Waals surface area contributed by atoms with Gasteiger partial charge in [0.25, 0.3) is 5.91 Å². The SMILES string of the molecule is Cl.O=C(NC1CC2CCC(C1)N2)c1cc(Cl)ccc1Cl. The van der Waals surface area contributed by atoms with Crippen molar-refractivity contribution in [2.45, 2.75) is 43.8 Å². The second-order valence-electron chi connectivity index (χ2n) is 5.40. The van der Waals surface area contributed by atoms with E-state index in [2.05, 4.69) is 10.6 Å². The van der Waals surface area contributed by atoms with Gasteiger partial charge in [-0.25, -0.2) is 0 Å². The smallest absolute Gasteiger partial charge is 0.253 e. The summed E-state index contributed by atoms with van der Waals surface area (Å²) in [6, 6.07) is 6.31. The molecule has 2 aliphatic rings. The van der Waals surface area contributed by atoms with Crippen LogP contribution in [0.4, 0.5) is 0 Å². The molecule has 1 aromatic carbocycles. The number of rotatable bonds is 2. The molecule has 2 aliphatic heterocycles. The lowest BCUT2D eigenvalue weighted by Crippen LogP contribution is -2.48. The van der Waals surface area contributed by atoms with Crippen molar-refractivity contribution in [1.82, 2.24) is 10.6 Å². The van der Waals surface area contributed by atoms with Gasteiger partial charge in [-0.05, 0) is 43.9 Å². The third kappa shape index (κ3) is 3.40. The van der Waals surface area contributed by atoms with Gasteiger partial charge in [-0.15, -0.1) is 12.4 Å². The Morgan fingerprint density at radius 2 is 1.85 bits per heavy atom. The van der Waals surface area contributed by atoms with E-state index in [0.29, 0.717) is 27.7 Å². The predicted octanol–water partition coefficient (Wildman–Crippen LogP) is 3.43. The summed E-state index contributed by atoms with van der Waals surface area (Å²) in [7, 11) is 0. The van der Waals surface area contributed by atoms with Crippen molar-refractivity contribution in [3.8, 4) is 0 Å². The summed E-state index contributed by atoms with van der Waals surface area (Å²) >= 11 is 12.0. The zero-order chi connectivity index (χ0) is 13.4. The number of hydrogen-bond acceptors (Lipinski definition) is 2. The van der Waals surface area contributed by atoms with E-state index in [1.807, 2.05) is 0 Å². The quantitative estimate of drug-likeness (QED) is 0.869. The number of carbonyl (C=O) groups is 1. The molecule has 0 spiro atoms. The first-order chi connectivity index (χ1) is 9.11. The molecule has 110 valence electrons. The van der Waals surface area contributed by atoms with Gasteiger partial charge in [0.05, 0.1) is 10.6 Å². The van der Waals surface area contributed by atoms with Crippen LogP contribution in [-0.2, 0) is 0 Å². The van der Waals surface area contributed by atoms with Crippen LogP contribution in [0.1, 0.15) is 36.0 Å². The third-order valence-electron chi connectivity index (χ3n) is 3.98.